The Morgan fingerprint density at radius 3 is 2.38 bits per heavy atom. The fourth-order valence-corrected chi connectivity index (χ4v) is 3.96. The maximum atomic E-state index is 13.0. The van der Waals surface area contributed by atoms with Crippen LogP contribution >= 0.6 is 0 Å². The van der Waals surface area contributed by atoms with E-state index >= 15 is 0 Å². The zero-order chi connectivity index (χ0) is 25.5. The molecule has 0 atom stereocenters. The molecule has 10 nitrogen and oxygen atoms in total. The van der Waals surface area contributed by atoms with Crippen LogP contribution in [0.3, 0.4) is 0 Å². The van der Waals surface area contributed by atoms with Gasteiger partial charge in [0, 0.05) is 11.6 Å². The Hall–Kier alpha value is -5.51. The molecule has 2 heterocycles. The van der Waals surface area contributed by atoms with Crippen LogP contribution in [0, 0.1) is 0 Å². The monoisotopic (exact) mass is 492 g/mol. The van der Waals surface area contributed by atoms with Crippen LogP contribution in [-0.2, 0) is 0 Å². The molecule has 37 heavy (non-hydrogen) atoms. The number of carbonyl (C=O) groups excluding carboxylic acids is 3. The van der Waals surface area contributed by atoms with Crippen molar-refractivity contribution in [2.75, 3.05) is 0 Å². The second-order valence-corrected chi connectivity index (χ2v) is 7.96. The number of hydrogen-bond acceptors (Lipinski definition) is 9. The summed E-state index contributed by atoms with van der Waals surface area (Å²) in [6.07, 6.45) is 1.44. The Morgan fingerprint density at radius 2 is 1.59 bits per heavy atom. The van der Waals surface area contributed by atoms with Crippen LogP contribution < -0.4 is 14.7 Å². The van der Waals surface area contributed by atoms with Crippen molar-refractivity contribution < 1.29 is 33.5 Å². The minimum absolute atomic E-state index is 0.0147. The van der Waals surface area contributed by atoms with Crippen LogP contribution in [0.15, 0.2) is 105 Å². The number of allylic oxidation sites excluding steroid dienone is 1. The van der Waals surface area contributed by atoms with Crippen LogP contribution in [0.1, 0.15) is 36.6 Å². The van der Waals surface area contributed by atoms with Gasteiger partial charge in [0.15, 0.2) is 5.75 Å². The van der Waals surface area contributed by atoms with Crippen molar-refractivity contribution in [2.24, 2.45) is 10.2 Å². The standard InChI is InChI=1S/C27H15N3O7/c31-24-17-12-11-16(36-21-10-5-13-35-21)14-19(17)25(32)23(24)29-28-20-9-4-8-18-22(20)27(34)30(26(18)33)37-15-6-2-1-3-7-15/h1-14,31H/p-1. The maximum Gasteiger partial charge on any atom is 0.297 e. The SMILES string of the molecule is O=C1C(N=Nc2cccc3c2C(=O)N(Oc2ccccc2)C3=O)=C([O-])c2ccc(Oc3ccco3)cc21. The zero-order valence-corrected chi connectivity index (χ0v) is 18.8. The first-order chi connectivity index (χ1) is 18.0. The molecule has 2 amide bonds. The molecular weight excluding hydrogens is 478 g/mol. The van der Waals surface area contributed by atoms with Gasteiger partial charge in [-0.3, -0.25) is 14.4 Å². The Bertz CT molecular complexity index is 1640. The van der Waals surface area contributed by atoms with Gasteiger partial charge in [0.25, 0.3) is 17.8 Å². The minimum atomic E-state index is -0.740. The number of amides is 2. The second-order valence-electron chi connectivity index (χ2n) is 7.96. The van der Waals surface area contributed by atoms with Gasteiger partial charge in [0.05, 0.1) is 23.1 Å². The van der Waals surface area contributed by atoms with Gasteiger partial charge in [0.2, 0.25) is 5.78 Å². The van der Waals surface area contributed by atoms with E-state index in [2.05, 4.69) is 10.2 Å². The summed E-state index contributed by atoms with van der Waals surface area (Å²) in [5.41, 5.74) is -0.127. The third kappa shape index (κ3) is 3.73. The summed E-state index contributed by atoms with van der Waals surface area (Å²) in [4.78, 5) is 44.2. The number of azo groups is 1. The van der Waals surface area contributed by atoms with E-state index in [1.165, 1.54) is 42.7 Å². The topological polar surface area (TPSA) is 134 Å². The van der Waals surface area contributed by atoms with E-state index in [-0.39, 0.29) is 33.9 Å². The van der Waals surface area contributed by atoms with Gasteiger partial charge in [-0.15, -0.1) is 10.2 Å². The van der Waals surface area contributed by atoms with Crippen molar-refractivity contribution in [2.45, 2.75) is 0 Å². The summed E-state index contributed by atoms with van der Waals surface area (Å²) >= 11 is 0. The third-order valence-electron chi connectivity index (χ3n) is 5.68. The molecule has 0 spiro atoms. The summed E-state index contributed by atoms with van der Waals surface area (Å²) in [5, 5.41) is 21.4. The Labute approximate surface area is 208 Å². The third-order valence-corrected chi connectivity index (χ3v) is 5.68. The smallest absolute Gasteiger partial charge is 0.297 e. The zero-order valence-electron chi connectivity index (χ0n) is 18.8. The summed E-state index contributed by atoms with van der Waals surface area (Å²) in [7, 11) is 0. The number of ketones is 1. The number of furan rings is 1. The van der Waals surface area contributed by atoms with Gasteiger partial charge in [0.1, 0.15) is 11.4 Å². The summed E-state index contributed by atoms with van der Waals surface area (Å²) in [6.45, 7) is 0. The number of hydroxylamine groups is 2. The van der Waals surface area contributed by atoms with Crippen molar-refractivity contribution in [3.8, 4) is 17.4 Å². The van der Waals surface area contributed by atoms with E-state index in [9.17, 15) is 19.5 Å². The fraction of sp³-hybridized carbons (Fsp3) is 0. The van der Waals surface area contributed by atoms with Crippen LogP contribution in [0.2, 0.25) is 0 Å². The van der Waals surface area contributed by atoms with Crippen molar-refractivity contribution in [1.82, 2.24) is 5.06 Å². The number of fused-ring (bicyclic) bond motifs is 2. The predicted molar refractivity (Wildman–Crippen MR) is 125 cm³/mol. The highest BCUT2D eigenvalue weighted by Gasteiger charge is 2.40. The predicted octanol–water partition coefficient (Wildman–Crippen LogP) is 4.67. The molecule has 180 valence electrons. The average Bonchev–Trinajstić information content (AvgIpc) is 3.58. The van der Waals surface area contributed by atoms with Gasteiger partial charge in [-0.25, -0.2) is 0 Å². The molecule has 0 saturated carbocycles. The molecule has 0 bridgehead atoms. The van der Waals surface area contributed by atoms with E-state index < -0.39 is 29.1 Å². The molecule has 6 rings (SSSR count). The number of rotatable bonds is 6. The Kier molecular flexibility index (Phi) is 5.12. The molecule has 1 aromatic heterocycles. The summed E-state index contributed by atoms with van der Waals surface area (Å²) in [5.74, 6) is -1.84. The molecule has 1 aliphatic carbocycles. The number of hydrogen-bond donors (Lipinski definition) is 0. The first-order valence-electron chi connectivity index (χ1n) is 11.0. The van der Waals surface area contributed by atoms with E-state index in [1.54, 1.807) is 42.5 Å². The van der Waals surface area contributed by atoms with Crippen molar-refractivity contribution in [3.63, 3.8) is 0 Å². The number of carbonyl (C=O) groups is 3. The average molecular weight is 492 g/mol. The van der Waals surface area contributed by atoms with Gasteiger partial charge in [-0.1, -0.05) is 41.2 Å². The quantitative estimate of drug-likeness (QED) is 0.282. The van der Waals surface area contributed by atoms with Gasteiger partial charge in [-0.05, 0) is 48.0 Å². The number of benzene rings is 3. The van der Waals surface area contributed by atoms with E-state index in [0.717, 1.165) is 0 Å². The van der Waals surface area contributed by atoms with Crippen LogP contribution in [-0.4, -0.2) is 22.7 Å². The number of para-hydroxylation sites is 1. The Morgan fingerprint density at radius 1 is 0.757 bits per heavy atom. The van der Waals surface area contributed by atoms with Crippen LogP contribution in [0.4, 0.5) is 5.69 Å². The first kappa shape index (κ1) is 22.0. The second kappa shape index (κ2) is 8.61. The van der Waals surface area contributed by atoms with E-state index in [1.807, 2.05) is 0 Å². The lowest BCUT2D eigenvalue weighted by molar-refractivity contribution is -0.244. The molecule has 10 heteroatoms. The summed E-state index contributed by atoms with van der Waals surface area (Å²) in [6, 6.07) is 20.4. The molecule has 2 aliphatic rings. The molecule has 3 aromatic carbocycles. The normalized spacial score (nSPS) is 14.5. The number of ether oxygens (including phenoxy) is 1. The molecule has 0 radical (unpaired) electrons. The highest BCUT2D eigenvalue weighted by Crippen LogP contribution is 2.36. The van der Waals surface area contributed by atoms with Gasteiger partial charge < -0.3 is 19.1 Å². The molecule has 1 aliphatic heterocycles. The highest BCUT2D eigenvalue weighted by molar-refractivity contribution is 6.23. The van der Waals surface area contributed by atoms with Gasteiger partial charge >= 0.3 is 0 Å². The Balaban J connectivity index is 1.27. The van der Waals surface area contributed by atoms with Crippen LogP contribution in [0.5, 0.6) is 17.4 Å². The number of nitrogens with zero attached hydrogens (tertiary/aromatic N) is 3. The summed E-state index contributed by atoms with van der Waals surface area (Å²) < 4.78 is 10.7. The number of Topliss-reactive ketones (excluding diaryl/α,β-unsaturated/α-hetero) is 1. The van der Waals surface area contributed by atoms with Crippen molar-refractivity contribution >= 4 is 29.0 Å². The van der Waals surface area contributed by atoms with Crippen LogP contribution in [0.25, 0.3) is 5.76 Å². The fourth-order valence-electron chi connectivity index (χ4n) is 3.96. The van der Waals surface area contributed by atoms with E-state index in [4.69, 9.17) is 14.0 Å². The lowest BCUT2D eigenvalue weighted by Gasteiger charge is -2.13. The van der Waals surface area contributed by atoms with Crippen molar-refractivity contribution in [1.29, 1.82) is 0 Å². The largest absolute Gasteiger partial charge is 0.870 e. The van der Waals surface area contributed by atoms with Gasteiger partial charge in [-0.2, -0.15) is 0 Å². The van der Waals surface area contributed by atoms with E-state index in [0.29, 0.717) is 16.6 Å². The first-order valence-corrected chi connectivity index (χ1v) is 11.0. The van der Waals surface area contributed by atoms with Crippen molar-refractivity contribution in [3.05, 3.63) is 113 Å². The molecule has 4 aromatic rings. The lowest BCUT2D eigenvalue weighted by Crippen LogP contribution is -2.33. The molecule has 0 N–H and O–H groups in total. The number of imide groups is 1. The lowest BCUT2D eigenvalue weighted by atomic mass is 10.1. The molecule has 0 saturated heterocycles. The highest BCUT2D eigenvalue weighted by atomic mass is 16.7. The molecule has 0 fully saturated rings. The molecule has 0 unspecified atom stereocenters. The maximum absolute atomic E-state index is 13.0. The minimum Gasteiger partial charge on any atom is -0.870 e. The molecular formula is C27H14N3O7-.